The summed E-state index contributed by atoms with van der Waals surface area (Å²) >= 11 is 0. The Balaban J connectivity index is 2.62. The van der Waals surface area contributed by atoms with Crippen LogP contribution in [0.3, 0.4) is 0 Å². The van der Waals surface area contributed by atoms with Gasteiger partial charge in [-0.3, -0.25) is 4.79 Å². The SMILES string of the molecule is COC(=O)CCOc1c(F)cccc1CO. The lowest BCUT2D eigenvalue weighted by atomic mass is 10.2. The van der Waals surface area contributed by atoms with Gasteiger partial charge in [-0.1, -0.05) is 12.1 Å². The number of esters is 1. The van der Waals surface area contributed by atoms with Crippen LogP contribution in [0, 0.1) is 5.82 Å². The van der Waals surface area contributed by atoms with Crippen LogP contribution in [-0.4, -0.2) is 24.8 Å². The number of hydrogen-bond donors (Lipinski definition) is 1. The molecule has 4 nitrogen and oxygen atoms in total. The first-order chi connectivity index (χ1) is 7.69. The van der Waals surface area contributed by atoms with Gasteiger partial charge in [0.25, 0.3) is 0 Å². The molecule has 0 unspecified atom stereocenters. The van der Waals surface area contributed by atoms with Gasteiger partial charge in [0.2, 0.25) is 0 Å². The van der Waals surface area contributed by atoms with Crippen molar-refractivity contribution in [2.75, 3.05) is 13.7 Å². The Labute approximate surface area is 92.6 Å². The minimum absolute atomic E-state index is 0.0145. The van der Waals surface area contributed by atoms with Crippen molar-refractivity contribution < 1.29 is 23.8 Å². The fourth-order valence-electron chi connectivity index (χ4n) is 1.18. The van der Waals surface area contributed by atoms with Gasteiger partial charge >= 0.3 is 5.97 Å². The molecule has 0 amide bonds. The predicted molar refractivity (Wildman–Crippen MR) is 54.5 cm³/mol. The lowest BCUT2D eigenvalue weighted by molar-refractivity contribution is -0.141. The molecule has 16 heavy (non-hydrogen) atoms. The summed E-state index contributed by atoms with van der Waals surface area (Å²) in [6.07, 6.45) is 0.0374. The number of para-hydroxylation sites is 1. The van der Waals surface area contributed by atoms with Gasteiger partial charge in [0.1, 0.15) is 0 Å². The lowest BCUT2D eigenvalue weighted by Crippen LogP contribution is -2.09. The van der Waals surface area contributed by atoms with Crippen LogP contribution in [0.25, 0.3) is 0 Å². The van der Waals surface area contributed by atoms with E-state index in [4.69, 9.17) is 9.84 Å². The standard InChI is InChI=1S/C11H13FO4/c1-15-10(14)5-6-16-11-8(7-13)3-2-4-9(11)12/h2-4,13H,5-7H2,1H3. The first-order valence-electron chi connectivity index (χ1n) is 4.77. The van der Waals surface area contributed by atoms with Crippen molar-refractivity contribution in [3.63, 3.8) is 0 Å². The summed E-state index contributed by atoms with van der Waals surface area (Å²) in [7, 11) is 1.27. The Kier molecular flexibility index (Phi) is 4.72. The molecule has 5 heteroatoms. The molecule has 1 rings (SSSR count). The van der Waals surface area contributed by atoms with Gasteiger partial charge < -0.3 is 14.6 Å². The van der Waals surface area contributed by atoms with Crippen molar-refractivity contribution in [1.29, 1.82) is 0 Å². The number of carbonyl (C=O) groups is 1. The quantitative estimate of drug-likeness (QED) is 0.771. The summed E-state index contributed by atoms with van der Waals surface area (Å²) in [5.74, 6) is -1.01. The number of carbonyl (C=O) groups excluding carboxylic acids is 1. The Morgan fingerprint density at radius 3 is 2.88 bits per heavy atom. The van der Waals surface area contributed by atoms with Crippen molar-refractivity contribution >= 4 is 5.97 Å². The van der Waals surface area contributed by atoms with Crippen molar-refractivity contribution in [3.8, 4) is 5.75 Å². The van der Waals surface area contributed by atoms with Crippen molar-refractivity contribution in [1.82, 2.24) is 0 Å². The zero-order valence-corrected chi connectivity index (χ0v) is 8.90. The average molecular weight is 228 g/mol. The van der Waals surface area contributed by atoms with E-state index in [-0.39, 0.29) is 25.4 Å². The Morgan fingerprint density at radius 2 is 2.25 bits per heavy atom. The van der Waals surface area contributed by atoms with E-state index in [0.29, 0.717) is 5.56 Å². The number of benzene rings is 1. The van der Waals surface area contributed by atoms with Crippen LogP contribution in [0.2, 0.25) is 0 Å². The smallest absolute Gasteiger partial charge is 0.308 e. The summed E-state index contributed by atoms with van der Waals surface area (Å²) in [6, 6.07) is 4.26. The molecule has 0 spiro atoms. The van der Waals surface area contributed by atoms with Gasteiger partial charge in [-0.25, -0.2) is 4.39 Å². The molecule has 1 aromatic rings. The van der Waals surface area contributed by atoms with Gasteiger partial charge in [0.15, 0.2) is 11.6 Å². The monoisotopic (exact) mass is 228 g/mol. The van der Waals surface area contributed by atoms with Crippen molar-refractivity contribution in [2.24, 2.45) is 0 Å². The molecular weight excluding hydrogens is 215 g/mol. The first kappa shape index (κ1) is 12.4. The Bertz CT molecular complexity index is 365. The van der Waals surface area contributed by atoms with Gasteiger partial charge in [-0.2, -0.15) is 0 Å². The molecule has 0 radical (unpaired) electrons. The molecule has 0 bridgehead atoms. The van der Waals surface area contributed by atoms with E-state index in [9.17, 15) is 9.18 Å². The van der Waals surface area contributed by atoms with E-state index in [1.165, 1.54) is 19.2 Å². The second-order valence-electron chi connectivity index (χ2n) is 3.06. The second-order valence-corrected chi connectivity index (χ2v) is 3.06. The summed E-state index contributed by atoms with van der Waals surface area (Å²) in [5, 5.41) is 8.96. The fourth-order valence-corrected chi connectivity index (χ4v) is 1.18. The zero-order valence-electron chi connectivity index (χ0n) is 8.90. The van der Waals surface area contributed by atoms with E-state index in [0.717, 1.165) is 0 Å². The summed E-state index contributed by atoms with van der Waals surface area (Å²) in [6.45, 7) is -0.300. The molecule has 0 aliphatic carbocycles. The highest BCUT2D eigenvalue weighted by Crippen LogP contribution is 2.22. The molecule has 0 heterocycles. The minimum atomic E-state index is -0.559. The van der Waals surface area contributed by atoms with E-state index < -0.39 is 11.8 Å². The van der Waals surface area contributed by atoms with Crippen molar-refractivity contribution in [2.45, 2.75) is 13.0 Å². The van der Waals surface area contributed by atoms with Crippen LogP contribution in [0.15, 0.2) is 18.2 Å². The van der Waals surface area contributed by atoms with Crippen LogP contribution in [0.5, 0.6) is 5.75 Å². The Hall–Kier alpha value is -1.62. The molecule has 0 aliphatic heterocycles. The average Bonchev–Trinajstić information content (AvgIpc) is 2.30. The van der Waals surface area contributed by atoms with Gasteiger partial charge in [-0.05, 0) is 6.07 Å². The first-order valence-corrected chi connectivity index (χ1v) is 4.77. The minimum Gasteiger partial charge on any atom is -0.490 e. The molecule has 0 saturated carbocycles. The third-order valence-electron chi connectivity index (χ3n) is 2.00. The van der Waals surface area contributed by atoms with E-state index in [1.54, 1.807) is 6.07 Å². The zero-order chi connectivity index (χ0) is 12.0. The number of halogens is 1. The normalized spacial score (nSPS) is 9.94. The van der Waals surface area contributed by atoms with Gasteiger partial charge in [-0.15, -0.1) is 0 Å². The third-order valence-corrected chi connectivity index (χ3v) is 2.00. The van der Waals surface area contributed by atoms with Crippen LogP contribution in [0.1, 0.15) is 12.0 Å². The highest BCUT2D eigenvalue weighted by molar-refractivity contribution is 5.69. The van der Waals surface area contributed by atoms with Crippen LogP contribution < -0.4 is 4.74 Å². The maximum absolute atomic E-state index is 13.3. The molecule has 1 N–H and O–H groups in total. The van der Waals surface area contributed by atoms with Gasteiger partial charge in [0.05, 0.1) is 26.7 Å². The van der Waals surface area contributed by atoms with E-state index in [2.05, 4.69) is 4.74 Å². The number of rotatable bonds is 5. The maximum atomic E-state index is 13.3. The van der Waals surface area contributed by atoms with Crippen LogP contribution >= 0.6 is 0 Å². The molecule has 1 aromatic carbocycles. The summed E-state index contributed by atoms with van der Waals surface area (Å²) < 4.78 is 22.8. The molecule has 0 aromatic heterocycles. The summed E-state index contributed by atoms with van der Waals surface area (Å²) in [5.41, 5.74) is 0.352. The highest BCUT2D eigenvalue weighted by atomic mass is 19.1. The van der Waals surface area contributed by atoms with E-state index in [1.807, 2.05) is 0 Å². The fraction of sp³-hybridized carbons (Fsp3) is 0.364. The second kappa shape index (κ2) is 6.07. The van der Waals surface area contributed by atoms with Crippen molar-refractivity contribution in [3.05, 3.63) is 29.6 Å². The highest BCUT2D eigenvalue weighted by Gasteiger charge is 2.09. The predicted octanol–water partition coefficient (Wildman–Crippen LogP) is 1.26. The van der Waals surface area contributed by atoms with Crippen LogP contribution in [-0.2, 0) is 16.1 Å². The number of methoxy groups -OCH3 is 1. The van der Waals surface area contributed by atoms with Crippen LogP contribution in [0.4, 0.5) is 4.39 Å². The largest absolute Gasteiger partial charge is 0.490 e. The van der Waals surface area contributed by atoms with E-state index >= 15 is 0 Å². The third kappa shape index (κ3) is 3.20. The molecule has 0 saturated heterocycles. The molecule has 0 fully saturated rings. The number of ether oxygens (including phenoxy) is 2. The summed E-state index contributed by atoms with van der Waals surface area (Å²) in [4.78, 5) is 10.8. The number of aliphatic hydroxyl groups excluding tert-OH is 1. The lowest BCUT2D eigenvalue weighted by Gasteiger charge is -2.10. The number of hydrogen-bond acceptors (Lipinski definition) is 4. The number of aliphatic hydroxyl groups is 1. The maximum Gasteiger partial charge on any atom is 0.308 e. The molecule has 0 aliphatic rings. The van der Waals surface area contributed by atoms with Gasteiger partial charge in [0, 0.05) is 5.56 Å². The molecule has 88 valence electrons. The molecule has 0 atom stereocenters. The Morgan fingerprint density at radius 1 is 1.50 bits per heavy atom. The molecular formula is C11H13FO4. The topological polar surface area (TPSA) is 55.8 Å².